The second-order valence-corrected chi connectivity index (χ2v) is 6.24. The van der Waals surface area contributed by atoms with E-state index in [0.29, 0.717) is 23.8 Å². The number of rotatable bonds is 4. The van der Waals surface area contributed by atoms with Gasteiger partial charge in [-0.1, -0.05) is 33.1 Å². The molecule has 4 atom stereocenters. The molecular weight excluding hydrogens is 224 g/mol. The third-order valence-corrected chi connectivity index (χ3v) is 5.09. The van der Waals surface area contributed by atoms with E-state index in [1.807, 2.05) is 0 Å². The minimum absolute atomic E-state index is 0.0360. The van der Waals surface area contributed by atoms with Crippen molar-refractivity contribution >= 4 is 5.91 Å². The largest absolute Gasteiger partial charge is 0.323 e. The summed E-state index contributed by atoms with van der Waals surface area (Å²) in [6, 6.07) is 0.436. The van der Waals surface area contributed by atoms with Crippen molar-refractivity contribution in [1.82, 2.24) is 10.2 Å². The first-order chi connectivity index (χ1) is 8.56. The minimum Gasteiger partial charge on any atom is -0.323 e. The molecule has 3 heteroatoms. The van der Waals surface area contributed by atoms with Crippen LogP contribution in [-0.4, -0.2) is 29.1 Å². The van der Waals surface area contributed by atoms with E-state index >= 15 is 0 Å². The van der Waals surface area contributed by atoms with E-state index in [1.165, 1.54) is 25.7 Å². The number of nitrogens with zero attached hydrogens (tertiary/aromatic N) is 1. The van der Waals surface area contributed by atoms with E-state index in [2.05, 4.69) is 37.9 Å². The van der Waals surface area contributed by atoms with Crippen LogP contribution in [0.2, 0.25) is 0 Å². The molecule has 0 aromatic rings. The van der Waals surface area contributed by atoms with Crippen LogP contribution in [0.5, 0.6) is 0 Å². The molecule has 0 spiro atoms. The highest BCUT2D eigenvalue weighted by Gasteiger charge is 2.43. The molecule has 2 aliphatic rings. The fourth-order valence-corrected chi connectivity index (χ4v) is 3.63. The Morgan fingerprint density at radius 3 is 2.50 bits per heavy atom. The van der Waals surface area contributed by atoms with Gasteiger partial charge in [0.15, 0.2) is 0 Å². The Labute approximate surface area is 111 Å². The quantitative estimate of drug-likeness (QED) is 0.834. The normalized spacial score (nSPS) is 33.1. The molecule has 0 radical (unpaired) electrons. The molecule has 4 unspecified atom stereocenters. The van der Waals surface area contributed by atoms with Gasteiger partial charge in [0, 0.05) is 6.04 Å². The second kappa shape index (κ2) is 5.60. The van der Waals surface area contributed by atoms with Crippen LogP contribution >= 0.6 is 0 Å². The molecule has 1 aliphatic heterocycles. The molecule has 1 saturated heterocycles. The maximum absolute atomic E-state index is 12.6. The monoisotopic (exact) mass is 252 g/mol. The van der Waals surface area contributed by atoms with E-state index in [4.69, 9.17) is 0 Å². The molecule has 3 nitrogen and oxygen atoms in total. The van der Waals surface area contributed by atoms with Crippen LogP contribution in [-0.2, 0) is 4.79 Å². The molecular formula is C15H28N2O. The smallest absolute Gasteiger partial charge is 0.241 e. The molecule has 1 amide bonds. The fourth-order valence-electron chi connectivity index (χ4n) is 3.63. The first-order valence-corrected chi connectivity index (χ1v) is 7.64. The molecule has 0 bridgehead atoms. The lowest BCUT2D eigenvalue weighted by Gasteiger charge is -2.32. The van der Waals surface area contributed by atoms with Gasteiger partial charge in [-0.2, -0.15) is 0 Å². The summed E-state index contributed by atoms with van der Waals surface area (Å²) >= 11 is 0. The number of hydrogen-bond acceptors (Lipinski definition) is 2. The van der Waals surface area contributed by atoms with Crippen molar-refractivity contribution in [3.8, 4) is 0 Å². The summed E-state index contributed by atoms with van der Waals surface area (Å²) in [4.78, 5) is 14.7. The number of carbonyl (C=O) groups excluding carboxylic acids is 1. The molecule has 2 fully saturated rings. The Morgan fingerprint density at radius 1 is 1.33 bits per heavy atom. The van der Waals surface area contributed by atoms with E-state index in [9.17, 15) is 4.79 Å². The first kappa shape index (κ1) is 13.9. The molecule has 0 aromatic carbocycles. The van der Waals surface area contributed by atoms with Crippen LogP contribution in [0, 0.1) is 11.8 Å². The van der Waals surface area contributed by atoms with Gasteiger partial charge in [0.1, 0.15) is 0 Å². The lowest BCUT2D eigenvalue weighted by Crippen LogP contribution is -2.44. The van der Waals surface area contributed by atoms with Crippen LogP contribution < -0.4 is 5.32 Å². The van der Waals surface area contributed by atoms with Gasteiger partial charge in [-0.15, -0.1) is 0 Å². The van der Waals surface area contributed by atoms with Crippen LogP contribution in [0.3, 0.4) is 0 Å². The number of hydrogen-bond donors (Lipinski definition) is 1. The highest BCUT2D eigenvalue weighted by atomic mass is 16.2. The van der Waals surface area contributed by atoms with Crippen molar-refractivity contribution in [1.29, 1.82) is 0 Å². The summed E-state index contributed by atoms with van der Waals surface area (Å²) in [6.07, 6.45) is 6.53. The summed E-state index contributed by atoms with van der Waals surface area (Å²) in [5, 5.41) is 3.49. The Bertz CT molecular complexity index is 299. The van der Waals surface area contributed by atoms with Gasteiger partial charge in [0.2, 0.25) is 5.91 Å². The summed E-state index contributed by atoms with van der Waals surface area (Å²) in [5.74, 6) is 1.48. The molecule has 1 saturated carbocycles. The number of nitrogens with one attached hydrogen (secondary N) is 1. The zero-order valence-corrected chi connectivity index (χ0v) is 12.3. The fraction of sp³-hybridized carbons (Fsp3) is 0.933. The molecule has 1 aliphatic carbocycles. The van der Waals surface area contributed by atoms with Crippen molar-refractivity contribution in [3.05, 3.63) is 0 Å². The van der Waals surface area contributed by atoms with Crippen molar-refractivity contribution in [3.63, 3.8) is 0 Å². The first-order valence-electron chi connectivity index (χ1n) is 7.64. The standard InChI is InChI=1S/C15H28N2O/c1-5-10(2)14-15(18)17(12(4)16-14)11(3)13-8-6-7-9-13/h10-14,16H,5-9H2,1-4H3. The molecule has 18 heavy (non-hydrogen) atoms. The van der Waals surface area contributed by atoms with Gasteiger partial charge in [0.05, 0.1) is 12.2 Å². The van der Waals surface area contributed by atoms with Gasteiger partial charge >= 0.3 is 0 Å². The van der Waals surface area contributed by atoms with Gasteiger partial charge < -0.3 is 4.90 Å². The van der Waals surface area contributed by atoms with E-state index in [0.717, 1.165) is 6.42 Å². The third-order valence-electron chi connectivity index (χ3n) is 5.09. The van der Waals surface area contributed by atoms with Crippen molar-refractivity contribution < 1.29 is 4.79 Å². The highest BCUT2D eigenvalue weighted by Crippen LogP contribution is 2.33. The Balaban J connectivity index is 2.06. The van der Waals surface area contributed by atoms with Gasteiger partial charge in [0.25, 0.3) is 0 Å². The summed E-state index contributed by atoms with van der Waals surface area (Å²) < 4.78 is 0. The number of carbonyl (C=O) groups is 1. The third kappa shape index (κ3) is 2.42. The highest BCUT2D eigenvalue weighted by molar-refractivity contribution is 5.84. The maximum Gasteiger partial charge on any atom is 0.241 e. The van der Waals surface area contributed by atoms with Crippen LogP contribution in [0.1, 0.15) is 59.8 Å². The Kier molecular flexibility index (Phi) is 4.31. The Hall–Kier alpha value is -0.570. The van der Waals surface area contributed by atoms with Gasteiger partial charge in [-0.25, -0.2) is 0 Å². The average Bonchev–Trinajstić information content (AvgIpc) is 2.96. The second-order valence-electron chi connectivity index (χ2n) is 6.24. The summed E-state index contributed by atoms with van der Waals surface area (Å²) in [7, 11) is 0. The molecule has 104 valence electrons. The number of amides is 1. The molecule has 0 aromatic heterocycles. The average molecular weight is 252 g/mol. The molecule has 2 rings (SSSR count). The van der Waals surface area contributed by atoms with E-state index in [1.54, 1.807) is 0 Å². The lowest BCUT2D eigenvalue weighted by molar-refractivity contribution is -0.133. The zero-order chi connectivity index (χ0) is 13.3. The van der Waals surface area contributed by atoms with E-state index < -0.39 is 0 Å². The summed E-state index contributed by atoms with van der Waals surface area (Å²) in [5.41, 5.74) is 0. The van der Waals surface area contributed by atoms with Crippen molar-refractivity contribution in [2.45, 2.75) is 78.0 Å². The van der Waals surface area contributed by atoms with Gasteiger partial charge in [-0.05, 0) is 38.5 Å². The maximum atomic E-state index is 12.6. The molecule has 1 N–H and O–H groups in total. The zero-order valence-electron chi connectivity index (χ0n) is 12.3. The molecule has 1 heterocycles. The van der Waals surface area contributed by atoms with Crippen molar-refractivity contribution in [2.24, 2.45) is 11.8 Å². The predicted octanol–water partition coefficient (Wildman–Crippen LogP) is 2.76. The van der Waals surface area contributed by atoms with Crippen LogP contribution in [0.15, 0.2) is 0 Å². The van der Waals surface area contributed by atoms with E-state index in [-0.39, 0.29) is 12.2 Å². The minimum atomic E-state index is 0.0360. The predicted molar refractivity (Wildman–Crippen MR) is 74.1 cm³/mol. The van der Waals surface area contributed by atoms with Crippen LogP contribution in [0.4, 0.5) is 0 Å². The van der Waals surface area contributed by atoms with Crippen LogP contribution in [0.25, 0.3) is 0 Å². The SMILES string of the molecule is CCC(C)C1NC(C)N(C(C)C2CCCC2)C1=O. The van der Waals surface area contributed by atoms with Crippen molar-refractivity contribution in [2.75, 3.05) is 0 Å². The lowest BCUT2D eigenvalue weighted by atomic mass is 9.96. The summed E-state index contributed by atoms with van der Waals surface area (Å²) in [6.45, 7) is 8.70. The Morgan fingerprint density at radius 2 is 1.94 bits per heavy atom. The van der Waals surface area contributed by atoms with Gasteiger partial charge in [-0.3, -0.25) is 10.1 Å². The topological polar surface area (TPSA) is 32.3 Å².